The molecule has 0 aromatic heterocycles. The molecule has 9 heteroatoms. The first kappa shape index (κ1) is 28.3. The van der Waals surface area contributed by atoms with Gasteiger partial charge in [-0.3, -0.25) is 9.59 Å². The van der Waals surface area contributed by atoms with Crippen LogP contribution in [0.4, 0.5) is 0 Å². The van der Waals surface area contributed by atoms with Crippen LogP contribution >= 0.6 is 23.2 Å². The van der Waals surface area contributed by atoms with Crippen molar-refractivity contribution in [2.24, 2.45) is 0 Å². The van der Waals surface area contributed by atoms with E-state index in [0.717, 1.165) is 32.1 Å². The number of halogens is 2. The summed E-state index contributed by atoms with van der Waals surface area (Å²) in [5.41, 5.74) is 0.231. The Bertz CT molecular complexity index is 1090. The van der Waals surface area contributed by atoms with Crippen LogP contribution in [-0.2, 0) is 14.8 Å². The summed E-state index contributed by atoms with van der Waals surface area (Å²) in [5.74, 6) is -1.27. The topological polar surface area (TPSA) is 101 Å². The normalized spacial score (nSPS) is 12.4. The van der Waals surface area contributed by atoms with Gasteiger partial charge in [-0.2, -0.15) is 0 Å². The number of sulfonamides is 1. The van der Waals surface area contributed by atoms with Crippen LogP contribution in [-0.4, -0.2) is 31.3 Å². The van der Waals surface area contributed by atoms with Gasteiger partial charge in [-0.25, -0.2) is 13.1 Å². The van der Waals surface area contributed by atoms with Crippen molar-refractivity contribution in [2.75, 3.05) is 0 Å². The summed E-state index contributed by atoms with van der Waals surface area (Å²) in [4.78, 5) is 23.6. The van der Waals surface area contributed by atoms with Gasteiger partial charge in [0.2, 0.25) is 10.0 Å². The predicted molar refractivity (Wildman–Crippen MR) is 135 cm³/mol. The van der Waals surface area contributed by atoms with Gasteiger partial charge in [0.15, 0.2) is 5.78 Å². The Morgan fingerprint density at radius 2 is 1.62 bits per heavy atom. The number of benzene rings is 2. The van der Waals surface area contributed by atoms with Crippen LogP contribution in [0.1, 0.15) is 80.6 Å². The van der Waals surface area contributed by atoms with Crippen LogP contribution in [0, 0.1) is 0 Å². The molecule has 186 valence electrons. The van der Waals surface area contributed by atoms with Crippen LogP contribution in [0.15, 0.2) is 47.4 Å². The summed E-state index contributed by atoms with van der Waals surface area (Å²) in [7, 11) is -3.95. The van der Waals surface area contributed by atoms with E-state index < -0.39 is 21.8 Å². The van der Waals surface area contributed by atoms with Crippen LogP contribution in [0.3, 0.4) is 0 Å². The lowest BCUT2D eigenvalue weighted by molar-refractivity contribution is -0.137. The van der Waals surface area contributed by atoms with Crippen molar-refractivity contribution in [3.05, 3.63) is 63.6 Å². The Hall–Kier alpha value is -1.93. The molecular formula is C25H31Cl2NO5S. The third-order valence-corrected chi connectivity index (χ3v) is 7.63. The lowest BCUT2D eigenvalue weighted by Gasteiger charge is -2.19. The molecule has 0 saturated carbocycles. The number of hydrogen-bond donors (Lipinski definition) is 2. The number of carbonyl (C=O) groups excluding carboxylic acids is 1. The van der Waals surface area contributed by atoms with Crippen molar-refractivity contribution < 1.29 is 23.1 Å². The fourth-order valence-corrected chi connectivity index (χ4v) is 5.80. The van der Waals surface area contributed by atoms with E-state index in [4.69, 9.17) is 28.3 Å². The number of ketones is 1. The molecule has 2 aromatic rings. The highest BCUT2D eigenvalue weighted by molar-refractivity contribution is 7.89. The molecule has 0 aliphatic heterocycles. The Labute approximate surface area is 211 Å². The molecule has 0 spiro atoms. The molecule has 0 bridgehead atoms. The minimum atomic E-state index is -3.95. The minimum absolute atomic E-state index is 0.0490. The van der Waals surface area contributed by atoms with Crippen LogP contribution in [0.2, 0.25) is 10.0 Å². The van der Waals surface area contributed by atoms with E-state index in [-0.39, 0.29) is 33.5 Å². The minimum Gasteiger partial charge on any atom is -0.481 e. The molecular weight excluding hydrogens is 497 g/mol. The third kappa shape index (κ3) is 8.69. The first-order valence-electron chi connectivity index (χ1n) is 11.5. The van der Waals surface area contributed by atoms with Crippen molar-refractivity contribution in [1.82, 2.24) is 4.72 Å². The number of rotatable bonds is 15. The highest BCUT2D eigenvalue weighted by Crippen LogP contribution is 2.26. The Balaban J connectivity index is 2.10. The highest BCUT2D eigenvalue weighted by Gasteiger charge is 2.26. The first-order chi connectivity index (χ1) is 16.2. The summed E-state index contributed by atoms with van der Waals surface area (Å²) < 4.78 is 29.3. The van der Waals surface area contributed by atoms with Gasteiger partial charge in [-0.15, -0.1) is 0 Å². The zero-order chi connectivity index (χ0) is 25.1. The van der Waals surface area contributed by atoms with E-state index >= 15 is 0 Å². The Morgan fingerprint density at radius 1 is 0.941 bits per heavy atom. The maximum absolute atomic E-state index is 13.3. The molecule has 0 amide bonds. The van der Waals surface area contributed by atoms with Gasteiger partial charge < -0.3 is 5.11 Å². The Kier molecular flexibility index (Phi) is 11.5. The molecule has 0 radical (unpaired) electrons. The number of hydrogen-bond acceptors (Lipinski definition) is 4. The van der Waals surface area contributed by atoms with Gasteiger partial charge in [0, 0.05) is 28.6 Å². The summed E-state index contributed by atoms with van der Waals surface area (Å²) in [6.07, 6.45) is 6.50. The molecule has 0 saturated heterocycles. The smallest absolute Gasteiger partial charge is 0.303 e. The number of carbonyl (C=O) groups is 2. The van der Waals surface area contributed by atoms with Gasteiger partial charge in [0.1, 0.15) is 0 Å². The molecule has 0 aliphatic rings. The number of carboxylic acid groups (broad SMARTS) is 1. The molecule has 0 fully saturated rings. The summed E-state index contributed by atoms with van der Waals surface area (Å²) in [6, 6.07) is 10.3. The largest absolute Gasteiger partial charge is 0.481 e. The Morgan fingerprint density at radius 3 is 2.29 bits per heavy atom. The summed E-state index contributed by atoms with van der Waals surface area (Å²) in [6.45, 7) is 1.99. The van der Waals surface area contributed by atoms with Gasteiger partial charge in [-0.05, 0) is 49.6 Å². The molecule has 2 N–H and O–H groups in total. The SMILES string of the molecule is CCCC(CCCCCCCC(=O)O)NS(=O)(=O)c1ccccc1C(=O)c1ccc(Cl)cc1Cl. The van der Waals surface area contributed by atoms with Gasteiger partial charge >= 0.3 is 5.97 Å². The van der Waals surface area contributed by atoms with Crippen molar-refractivity contribution in [3.8, 4) is 0 Å². The second-order valence-corrected chi connectivity index (χ2v) is 10.8. The first-order valence-corrected chi connectivity index (χ1v) is 13.7. The molecule has 1 atom stereocenters. The van der Waals surface area contributed by atoms with Crippen molar-refractivity contribution in [2.45, 2.75) is 75.6 Å². The average molecular weight is 528 g/mol. The number of nitrogens with one attached hydrogen (secondary N) is 1. The number of aliphatic carboxylic acids is 1. The fraction of sp³-hybridized carbons (Fsp3) is 0.440. The average Bonchev–Trinajstić information content (AvgIpc) is 2.77. The van der Waals surface area contributed by atoms with E-state index in [2.05, 4.69) is 4.72 Å². The molecule has 0 aliphatic carbocycles. The number of carboxylic acids is 1. The summed E-state index contributed by atoms with van der Waals surface area (Å²) in [5, 5.41) is 9.24. The zero-order valence-electron chi connectivity index (χ0n) is 19.2. The quantitative estimate of drug-likeness (QED) is 0.203. The highest BCUT2D eigenvalue weighted by atomic mass is 35.5. The second kappa shape index (κ2) is 13.8. The van der Waals surface area contributed by atoms with Gasteiger partial charge in [-0.1, -0.05) is 74.4 Å². The van der Waals surface area contributed by atoms with E-state index in [0.29, 0.717) is 24.3 Å². The summed E-state index contributed by atoms with van der Waals surface area (Å²) >= 11 is 12.1. The van der Waals surface area contributed by atoms with Crippen LogP contribution < -0.4 is 4.72 Å². The van der Waals surface area contributed by atoms with Gasteiger partial charge in [0.25, 0.3) is 0 Å². The van der Waals surface area contributed by atoms with Crippen molar-refractivity contribution in [3.63, 3.8) is 0 Å². The third-order valence-electron chi connectivity index (χ3n) is 5.50. The standard InChI is InChI=1S/C25H31Cl2NO5S/c1-2-10-19(11-6-4-3-5-7-14-24(29)30)28-34(32,33)23-13-9-8-12-21(23)25(31)20-16-15-18(26)17-22(20)27/h8-9,12-13,15-17,19,28H,2-7,10-11,14H2,1H3,(H,29,30). The monoisotopic (exact) mass is 527 g/mol. The fourth-order valence-electron chi connectivity index (χ4n) is 3.80. The van der Waals surface area contributed by atoms with Gasteiger partial charge in [0.05, 0.1) is 9.92 Å². The predicted octanol–water partition coefficient (Wildman–Crippen LogP) is 6.49. The molecule has 1 unspecified atom stereocenters. The lowest BCUT2D eigenvalue weighted by atomic mass is 10.0. The second-order valence-electron chi connectivity index (χ2n) is 8.26. The molecule has 2 rings (SSSR count). The van der Waals surface area contributed by atoms with E-state index in [9.17, 15) is 18.0 Å². The molecule has 0 heterocycles. The van der Waals surface area contributed by atoms with Crippen LogP contribution in [0.5, 0.6) is 0 Å². The van der Waals surface area contributed by atoms with E-state index in [1.165, 1.54) is 30.3 Å². The lowest BCUT2D eigenvalue weighted by Crippen LogP contribution is -2.35. The molecule has 2 aromatic carbocycles. The molecule has 6 nitrogen and oxygen atoms in total. The zero-order valence-corrected chi connectivity index (χ0v) is 21.6. The van der Waals surface area contributed by atoms with E-state index in [1.54, 1.807) is 12.1 Å². The van der Waals surface area contributed by atoms with E-state index in [1.807, 2.05) is 6.92 Å². The van der Waals surface area contributed by atoms with Crippen molar-refractivity contribution >= 4 is 45.0 Å². The maximum Gasteiger partial charge on any atom is 0.303 e. The maximum atomic E-state index is 13.3. The molecule has 34 heavy (non-hydrogen) atoms. The van der Waals surface area contributed by atoms with Crippen LogP contribution in [0.25, 0.3) is 0 Å². The number of unbranched alkanes of at least 4 members (excludes halogenated alkanes) is 4. The van der Waals surface area contributed by atoms with Crippen molar-refractivity contribution in [1.29, 1.82) is 0 Å².